The Bertz CT molecular complexity index is 1330. The number of ketones is 1. The number of nitrogens with zero attached hydrogens (tertiary/aromatic N) is 4. The molecule has 0 saturated carbocycles. The third-order valence-electron chi connectivity index (χ3n) is 5.00. The predicted octanol–water partition coefficient (Wildman–Crippen LogP) is 3.75. The number of hydrogen-bond acceptors (Lipinski definition) is 8. The number of rotatable bonds is 9. The number of carbonyl (C=O) groups excluding carboxylic acids is 3. The third kappa shape index (κ3) is 7.26. The molecule has 0 aliphatic carbocycles. The fourth-order valence-corrected chi connectivity index (χ4v) is 3.23. The summed E-state index contributed by atoms with van der Waals surface area (Å²) < 4.78 is 41.2. The minimum Gasteiger partial charge on any atom is -0.342 e. The minimum absolute atomic E-state index is 0.0272. The summed E-state index contributed by atoms with van der Waals surface area (Å²) in [5, 5.41) is 8.08. The zero-order valence-corrected chi connectivity index (χ0v) is 21.1. The molecule has 10 nitrogen and oxygen atoms in total. The normalized spacial score (nSPS) is 11.2. The molecule has 38 heavy (non-hydrogen) atoms. The lowest BCUT2D eigenvalue weighted by molar-refractivity contribution is -0.137. The molecule has 3 aromatic rings. The highest BCUT2D eigenvalue weighted by Gasteiger charge is 2.36. The maximum absolute atomic E-state index is 13.7. The van der Waals surface area contributed by atoms with Crippen molar-refractivity contribution < 1.29 is 27.6 Å². The third-order valence-corrected chi connectivity index (χ3v) is 5.00. The average molecular weight is 530 g/mol. The van der Waals surface area contributed by atoms with Gasteiger partial charge >= 0.3 is 6.18 Å². The van der Waals surface area contributed by atoms with Gasteiger partial charge < -0.3 is 25.8 Å². The molecule has 0 aliphatic rings. The van der Waals surface area contributed by atoms with Gasteiger partial charge in [-0.1, -0.05) is 12.1 Å². The van der Waals surface area contributed by atoms with Crippen LogP contribution in [-0.4, -0.2) is 72.1 Å². The number of halogens is 3. The molecule has 0 saturated heterocycles. The molecule has 2 amide bonds. The Balaban J connectivity index is 1.88. The molecule has 0 bridgehead atoms. The maximum atomic E-state index is 13.7. The van der Waals surface area contributed by atoms with Crippen LogP contribution >= 0.6 is 0 Å². The number of alkyl halides is 3. The van der Waals surface area contributed by atoms with Crippen LogP contribution in [0.3, 0.4) is 0 Å². The lowest BCUT2D eigenvalue weighted by atomic mass is 10.1. The number of benzene rings is 2. The molecule has 0 aliphatic heterocycles. The molecule has 200 valence electrons. The van der Waals surface area contributed by atoms with Gasteiger partial charge in [-0.05, 0) is 50.5 Å². The zero-order valence-electron chi connectivity index (χ0n) is 21.1. The Kier molecular flexibility index (Phi) is 8.63. The van der Waals surface area contributed by atoms with E-state index in [2.05, 4.69) is 25.9 Å². The largest absolute Gasteiger partial charge is 0.421 e. The first kappa shape index (κ1) is 28.1. The molecule has 0 radical (unpaired) electrons. The first-order valence-corrected chi connectivity index (χ1v) is 11.2. The van der Waals surface area contributed by atoms with Gasteiger partial charge in [-0.2, -0.15) is 18.2 Å². The molecule has 0 spiro atoms. The molecule has 3 rings (SSSR count). The molecule has 13 heteroatoms. The van der Waals surface area contributed by atoms with Crippen molar-refractivity contribution in [3.8, 4) is 0 Å². The highest BCUT2D eigenvalue weighted by atomic mass is 19.4. The number of hydrogen-bond donors (Lipinski definition) is 3. The van der Waals surface area contributed by atoms with Crippen LogP contribution in [0.4, 0.5) is 42.0 Å². The number of aromatic nitrogens is 2. The molecular formula is C25H26F3N7O3. The first-order valence-electron chi connectivity index (χ1n) is 11.2. The Hall–Kier alpha value is -4.52. The quantitative estimate of drug-likeness (QED) is 0.283. The molecule has 1 aromatic heterocycles. The summed E-state index contributed by atoms with van der Waals surface area (Å²) in [6.07, 6.45) is -4.19. The van der Waals surface area contributed by atoms with Crippen LogP contribution < -0.4 is 16.0 Å². The van der Waals surface area contributed by atoms with Gasteiger partial charge in [0, 0.05) is 31.7 Å². The molecule has 1 heterocycles. The van der Waals surface area contributed by atoms with Crippen molar-refractivity contribution >= 4 is 46.4 Å². The minimum atomic E-state index is -4.80. The number of likely N-dealkylation sites (N-methyl/N-ethyl adjacent to an activating group) is 2. The maximum Gasteiger partial charge on any atom is 0.421 e. The Labute approximate surface area is 216 Å². The van der Waals surface area contributed by atoms with E-state index in [1.165, 1.54) is 38.4 Å². The Morgan fingerprint density at radius 2 is 1.53 bits per heavy atom. The van der Waals surface area contributed by atoms with Crippen molar-refractivity contribution in [3.63, 3.8) is 0 Å². The summed E-state index contributed by atoms with van der Waals surface area (Å²) in [5.74, 6) is -2.69. The second kappa shape index (κ2) is 11.7. The Morgan fingerprint density at radius 3 is 2.13 bits per heavy atom. The second-order valence-electron chi connectivity index (χ2n) is 8.64. The van der Waals surface area contributed by atoms with Crippen LogP contribution in [0.5, 0.6) is 0 Å². The summed E-state index contributed by atoms with van der Waals surface area (Å²) in [6.45, 7) is 0.202. The van der Waals surface area contributed by atoms with E-state index in [4.69, 9.17) is 0 Å². The average Bonchev–Trinajstić information content (AvgIpc) is 2.83. The first-order chi connectivity index (χ1) is 17.8. The number of Topliss-reactive ketones (excluding diaryl/α,β-unsaturated/α-hetero) is 1. The highest BCUT2D eigenvalue weighted by molar-refractivity contribution is 6.43. The van der Waals surface area contributed by atoms with Gasteiger partial charge in [0.2, 0.25) is 11.9 Å². The summed E-state index contributed by atoms with van der Waals surface area (Å²) >= 11 is 0. The van der Waals surface area contributed by atoms with E-state index in [1.54, 1.807) is 43.3 Å². The van der Waals surface area contributed by atoms with Crippen LogP contribution in [0, 0.1) is 0 Å². The van der Waals surface area contributed by atoms with Gasteiger partial charge in [-0.15, -0.1) is 0 Å². The lowest BCUT2D eigenvalue weighted by Crippen LogP contribution is -2.30. The number of amides is 2. The van der Waals surface area contributed by atoms with Crippen LogP contribution in [0.2, 0.25) is 0 Å². The van der Waals surface area contributed by atoms with E-state index in [0.717, 1.165) is 4.90 Å². The van der Waals surface area contributed by atoms with E-state index < -0.39 is 29.2 Å². The van der Waals surface area contributed by atoms with E-state index >= 15 is 0 Å². The van der Waals surface area contributed by atoms with Crippen molar-refractivity contribution in [2.75, 3.05) is 50.7 Å². The lowest BCUT2D eigenvalue weighted by Gasteiger charge is -2.17. The molecule has 0 atom stereocenters. The van der Waals surface area contributed by atoms with Gasteiger partial charge in [0.05, 0.1) is 17.8 Å². The Morgan fingerprint density at radius 1 is 0.895 bits per heavy atom. The van der Waals surface area contributed by atoms with Crippen LogP contribution in [-0.2, 0) is 15.8 Å². The van der Waals surface area contributed by atoms with Gasteiger partial charge in [-0.25, -0.2) is 4.98 Å². The van der Waals surface area contributed by atoms with E-state index in [0.29, 0.717) is 17.6 Å². The van der Waals surface area contributed by atoms with E-state index in [9.17, 15) is 27.6 Å². The van der Waals surface area contributed by atoms with Crippen molar-refractivity contribution in [2.24, 2.45) is 0 Å². The molecule has 0 unspecified atom stereocenters. The van der Waals surface area contributed by atoms with Gasteiger partial charge in [0.15, 0.2) is 0 Å². The van der Waals surface area contributed by atoms with Gasteiger partial charge in [0.1, 0.15) is 11.4 Å². The number of para-hydroxylation sites is 1. The molecular weight excluding hydrogens is 503 g/mol. The second-order valence-corrected chi connectivity index (χ2v) is 8.64. The van der Waals surface area contributed by atoms with Gasteiger partial charge in [0.25, 0.3) is 11.7 Å². The standard InChI is InChI=1S/C25H26F3N7O3/c1-34(2)14-20(36)30-15-9-11-16(12-10-15)31-24-29-13-18(25(26,27)28)22(33-24)32-19-8-6-5-7-17(19)21(37)23(38)35(3)4/h5-13H,14H2,1-4H3,(H,30,36)(H2,29,31,32,33). The number of anilines is 5. The van der Waals surface area contributed by atoms with Gasteiger partial charge in [-0.3, -0.25) is 14.4 Å². The summed E-state index contributed by atoms with van der Waals surface area (Å²) in [4.78, 5) is 47.2. The SMILES string of the molecule is CN(C)CC(=O)Nc1ccc(Nc2ncc(C(F)(F)F)c(Nc3ccccc3C(=O)C(=O)N(C)C)n2)cc1. The zero-order chi connectivity index (χ0) is 28.0. The monoisotopic (exact) mass is 529 g/mol. The van der Waals surface area contributed by atoms with Crippen LogP contribution in [0.15, 0.2) is 54.7 Å². The van der Waals surface area contributed by atoms with Crippen LogP contribution in [0.25, 0.3) is 0 Å². The molecule has 2 aromatic carbocycles. The highest BCUT2D eigenvalue weighted by Crippen LogP contribution is 2.36. The topological polar surface area (TPSA) is 120 Å². The van der Waals surface area contributed by atoms with Crippen molar-refractivity contribution in [3.05, 3.63) is 65.9 Å². The van der Waals surface area contributed by atoms with Crippen molar-refractivity contribution in [1.82, 2.24) is 19.8 Å². The van der Waals surface area contributed by atoms with Crippen molar-refractivity contribution in [2.45, 2.75) is 6.18 Å². The summed E-state index contributed by atoms with van der Waals surface area (Å²) in [7, 11) is 6.31. The smallest absolute Gasteiger partial charge is 0.342 e. The van der Waals surface area contributed by atoms with Crippen LogP contribution in [0.1, 0.15) is 15.9 Å². The predicted molar refractivity (Wildman–Crippen MR) is 137 cm³/mol. The summed E-state index contributed by atoms with van der Waals surface area (Å²) in [6, 6.07) is 12.1. The number of carbonyl (C=O) groups is 3. The number of nitrogens with one attached hydrogen (secondary N) is 3. The fourth-order valence-electron chi connectivity index (χ4n) is 3.23. The van der Waals surface area contributed by atoms with E-state index in [-0.39, 0.29) is 29.7 Å². The molecule has 3 N–H and O–H groups in total. The summed E-state index contributed by atoms with van der Waals surface area (Å²) in [5.41, 5.74) is -0.316. The fraction of sp³-hybridized carbons (Fsp3) is 0.240. The molecule has 0 fully saturated rings. The van der Waals surface area contributed by atoms with E-state index in [1.807, 2.05) is 0 Å². The van der Waals surface area contributed by atoms with Crippen molar-refractivity contribution in [1.29, 1.82) is 0 Å².